The van der Waals surface area contributed by atoms with E-state index in [1.807, 2.05) is 6.19 Å². The number of amides is 1. The van der Waals surface area contributed by atoms with Gasteiger partial charge in [0.15, 0.2) is 6.19 Å². The van der Waals surface area contributed by atoms with Gasteiger partial charge in [-0.3, -0.25) is 0 Å². The van der Waals surface area contributed by atoms with Crippen LogP contribution in [0.5, 0.6) is 0 Å². The fraction of sp³-hybridized carbons (Fsp3) is 0.467. The van der Waals surface area contributed by atoms with Gasteiger partial charge in [0.25, 0.3) is 0 Å². The molecule has 1 unspecified atom stereocenters. The molecule has 1 aromatic carbocycles. The number of hydrogen-bond donors (Lipinski definition) is 2. The molecule has 1 aliphatic heterocycles. The first-order valence-corrected chi connectivity index (χ1v) is 10.9. The summed E-state index contributed by atoms with van der Waals surface area (Å²) in [5.74, 6) is 0. The second kappa shape index (κ2) is 9.03. The van der Waals surface area contributed by atoms with Crippen molar-refractivity contribution in [3.05, 3.63) is 27.1 Å². The lowest BCUT2D eigenvalue weighted by molar-refractivity contribution is 0.122. The van der Waals surface area contributed by atoms with E-state index in [4.69, 9.17) is 4.74 Å². The summed E-state index contributed by atoms with van der Waals surface area (Å²) in [6, 6.07) is 4.02. The minimum atomic E-state index is -3.77. The summed E-state index contributed by atoms with van der Waals surface area (Å²) >= 11 is 6.50. The molecule has 2 atom stereocenters. The van der Waals surface area contributed by atoms with E-state index in [-0.39, 0.29) is 24.1 Å². The van der Waals surface area contributed by atoms with E-state index < -0.39 is 22.2 Å². The van der Waals surface area contributed by atoms with Crippen LogP contribution in [0.15, 0.2) is 32.0 Å². The predicted octanol–water partition coefficient (Wildman–Crippen LogP) is 2.16. The lowest BCUT2D eigenvalue weighted by Crippen LogP contribution is -2.36. The van der Waals surface area contributed by atoms with E-state index in [2.05, 4.69) is 41.9 Å². The van der Waals surface area contributed by atoms with Crippen LogP contribution in [0.1, 0.15) is 13.3 Å². The number of hydrogen-bond acceptors (Lipinski definition) is 6. The van der Waals surface area contributed by atoms with Crippen LogP contribution < -0.4 is 10.0 Å². The topological polar surface area (TPSA) is 112 Å². The highest BCUT2D eigenvalue weighted by atomic mass is 79.9. The molecule has 8 nitrogen and oxygen atoms in total. The molecule has 142 valence electrons. The number of benzene rings is 1. The zero-order chi connectivity index (χ0) is 19.3. The van der Waals surface area contributed by atoms with Gasteiger partial charge in [0.05, 0.1) is 10.9 Å². The fourth-order valence-electron chi connectivity index (χ4n) is 2.62. The lowest BCUT2D eigenvalue weighted by Gasteiger charge is -2.17. The molecule has 0 aromatic heterocycles. The highest BCUT2D eigenvalue weighted by Crippen LogP contribution is 2.27. The number of alkyl carbamates (subject to hydrolysis) is 1. The zero-order valence-corrected chi connectivity index (χ0v) is 17.9. The van der Waals surface area contributed by atoms with Crippen molar-refractivity contribution in [2.45, 2.75) is 30.3 Å². The van der Waals surface area contributed by atoms with Crippen molar-refractivity contribution in [2.24, 2.45) is 0 Å². The Balaban J connectivity index is 2.05. The maximum atomic E-state index is 12.7. The van der Waals surface area contributed by atoms with E-state index in [0.717, 1.165) is 0 Å². The SMILES string of the molecule is CCNC(=O)OC[C@H]1CC(NS(=O)(=O)c2cc(Br)ccc2Br)CN1C#N. The summed E-state index contributed by atoms with van der Waals surface area (Å²) in [7, 11) is -3.77. The van der Waals surface area contributed by atoms with Crippen LogP contribution in [0.4, 0.5) is 4.79 Å². The number of nitrogens with one attached hydrogen (secondary N) is 2. The average Bonchev–Trinajstić information content (AvgIpc) is 2.96. The van der Waals surface area contributed by atoms with Gasteiger partial charge in [0, 0.05) is 28.1 Å². The van der Waals surface area contributed by atoms with Crippen LogP contribution in [0.2, 0.25) is 0 Å². The molecule has 1 saturated heterocycles. The molecule has 1 amide bonds. The summed E-state index contributed by atoms with van der Waals surface area (Å²) in [5.41, 5.74) is 0. The number of carbonyl (C=O) groups excluding carboxylic acids is 1. The number of rotatable bonds is 6. The smallest absolute Gasteiger partial charge is 0.407 e. The number of nitriles is 1. The Bertz CT molecular complexity index is 812. The van der Waals surface area contributed by atoms with Crippen molar-refractivity contribution < 1.29 is 17.9 Å². The number of likely N-dealkylation sites (tertiary alicyclic amines) is 1. The van der Waals surface area contributed by atoms with E-state index in [1.165, 1.54) is 11.0 Å². The van der Waals surface area contributed by atoms with Crippen molar-refractivity contribution in [1.29, 1.82) is 5.26 Å². The van der Waals surface area contributed by atoms with Crippen LogP contribution in [-0.4, -0.2) is 51.2 Å². The largest absolute Gasteiger partial charge is 0.447 e. The summed E-state index contributed by atoms with van der Waals surface area (Å²) in [4.78, 5) is 12.9. The van der Waals surface area contributed by atoms with E-state index in [9.17, 15) is 18.5 Å². The molecule has 1 heterocycles. The third-order valence-electron chi connectivity index (χ3n) is 3.78. The molecule has 0 bridgehead atoms. The Hall–Kier alpha value is -1.35. The van der Waals surface area contributed by atoms with Crippen molar-refractivity contribution in [3.63, 3.8) is 0 Å². The molecular weight excluding hydrogens is 492 g/mol. The van der Waals surface area contributed by atoms with Gasteiger partial charge in [-0.05, 0) is 47.5 Å². The second-order valence-electron chi connectivity index (χ2n) is 5.66. The highest BCUT2D eigenvalue weighted by molar-refractivity contribution is 9.11. The van der Waals surface area contributed by atoms with Gasteiger partial charge in [-0.1, -0.05) is 15.9 Å². The van der Waals surface area contributed by atoms with E-state index in [1.54, 1.807) is 19.1 Å². The van der Waals surface area contributed by atoms with E-state index in [0.29, 0.717) is 21.9 Å². The zero-order valence-electron chi connectivity index (χ0n) is 13.9. The van der Waals surface area contributed by atoms with Gasteiger partial charge < -0.3 is 15.0 Å². The van der Waals surface area contributed by atoms with Crippen molar-refractivity contribution >= 4 is 48.0 Å². The Morgan fingerprint density at radius 3 is 2.85 bits per heavy atom. The van der Waals surface area contributed by atoms with Crippen molar-refractivity contribution in [1.82, 2.24) is 14.9 Å². The quantitative estimate of drug-likeness (QED) is 0.568. The summed E-state index contributed by atoms with van der Waals surface area (Å²) < 4.78 is 34.1. The van der Waals surface area contributed by atoms with Gasteiger partial charge in [-0.2, -0.15) is 5.26 Å². The molecule has 1 fully saturated rings. The summed E-state index contributed by atoms with van der Waals surface area (Å²) in [6.45, 7) is 2.43. The average molecular weight is 510 g/mol. The molecule has 11 heteroatoms. The number of ether oxygens (including phenoxy) is 1. The van der Waals surface area contributed by atoms with Crippen LogP contribution in [0.3, 0.4) is 0 Å². The van der Waals surface area contributed by atoms with Crippen LogP contribution in [0, 0.1) is 11.5 Å². The maximum absolute atomic E-state index is 12.7. The number of sulfonamides is 1. The molecule has 26 heavy (non-hydrogen) atoms. The van der Waals surface area contributed by atoms with Gasteiger partial charge >= 0.3 is 6.09 Å². The van der Waals surface area contributed by atoms with Crippen LogP contribution in [0.25, 0.3) is 0 Å². The molecule has 0 spiro atoms. The lowest BCUT2D eigenvalue weighted by atomic mass is 10.2. The van der Waals surface area contributed by atoms with Gasteiger partial charge in [0.1, 0.15) is 6.61 Å². The first-order chi connectivity index (χ1) is 12.3. The first-order valence-electron chi connectivity index (χ1n) is 7.81. The van der Waals surface area contributed by atoms with Gasteiger partial charge in [-0.25, -0.2) is 17.9 Å². The normalized spacial score (nSPS) is 19.8. The second-order valence-corrected chi connectivity index (χ2v) is 9.12. The van der Waals surface area contributed by atoms with Crippen molar-refractivity contribution in [3.8, 4) is 6.19 Å². The third kappa shape index (κ3) is 5.33. The minimum Gasteiger partial charge on any atom is -0.447 e. The third-order valence-corrected chi connectivity index (χ3v) is 6.78. The molecule has 0 saturated carbocycles. The predicted molar refractivity (Wildman–Crippen MR) is 102 cm³/mol. The molecular formula is C15H18Br2N4O4S. The Labute approximate surface area is 169 Å². The summed E-state index contributed by atoms with van der Waals surface area (Å²) in [5, 5.41) is 11.7. The Morgan fingerprint density at radius 1 is 1.46 bits per heavy atom. The van der Waals surface area contributed by atoms with Crippen LogP contribution in [-0.2, 0) is 14.8 Å². The number of carbonyl (C=O) groups is 1. The van der Waals surface area contributed by atoms with Crippen molar-refractivity contribution in [2.75, 3.05) is 19.7 Å². The van der Waals surface area contributed by atoms with E-state index >= 15 is 0 Å². The number of nitrogens with zero attached hydrogens (tertiary/aromatic N) is 2. The van der Waals surface area contributed by atoms with Crippen LogP contribution >= 0.6 is 31.9 Å². The molecule has 1 aliphatic rings. The standard InChI is InChI=1S/C15H18Br2N4O4S/c1-2-19-15(22)25-8-12-6-11(7-21(12)9-18)20-26(23,24)14-5-10(16)3-4-13(14)17/h3-5,11-12,20H,2,6-8H2,1H3,(H,19,22)/t11?,12-/m1/s1. The molecule has 0 aliphatic carbocycles. The first kappa shape index (κ1) is 21.0. The van der Waals surface area contributed by atoms with Gasteiger partial charge in [0.2, 0.25) is 10.0 Å². The number of halogens is 2. The Morgan fingerprint density at radius 2 is 2.19 bits per heavy atom. The molecule has 2 rings (SSSR count). The maximum Gasteiger partial charge on any atom is 0.407 e. The summed E-state index contributed by atoms with van der Waals surface area (Å²) in [6.07, 6.45) is 1.81. The highest BCUT2D eigenvalue weighted by Gasteiger charge is 2.35. The minimum absolute atomic E-state index is 0.0121. The molecule has 2 N–H and O–H groups in total. The molecule has 0 radical (unpaired) electrons. The fourth-order valence-corrected chi connectivity index (χ4v) is 5.36. The van der Waals surface area contributed by atoms with Gasteiger partial charge in [-0.15, -0.1) is 0 Å². The Kier molecular flexibility index (Phi) is 7.28. The monoisotopic (exact) mass is 508 g/mol. The molecule has 1 aromatic rings.